The van der Waals surface area contributed by atoms with Crippen molar-refractivity contribution in [3.63, 3.8) is 0 Å². The van der Waals surface area contributed by atoms with E-state index in [2.05, 4.69) is 0 Å². The summed E-state index contributed by atoms with van der Waals surface area (Å²) in [6.07, 6.45) is 0. The van der Waals surface area contributed by atoms with Crippen LogP contribution in [0.4, 0.5) is 0 Å². The van der Waals surface area contributed by atoms with E-state index in [-0.39, 0.29) is 88.2 Å². The Morgan fingerprint density at radius 1 is 0.750 bits per heavy atom. The molecule has 0 heterocycles. The second-order valence-electron chi connectivity index (χ2n) is 0. The molecule has 0 rings (SSSR count). The number of rotatable bonds is 0. The number of hydrogen-bond donors (Lipinski definition) is 0. The molecule has 0 aliphatic heterocycles. The van der Waals surface area contributed by atoms with E-state index >= 15 is 0 Å². The maximum atomic E-state index is 0. The summed E-state index contributed by atoms with van der Waals surface area (Å²) in [4.78, 5) is 0. The first-order valence-electron chi connectivity index (χ1n) is 0. The third-order valence-electron chi connectivity index (χ3n) is 0. The average Bonchev–Trinajstić information content (AvgIpc) is 0. The van der Waals surface area contributed by atoms with Crippen molar-refractivity contribution < 1.29 is 88.2 Å². The van der Waals surface area contributed by atoms with Crippen molar-refractivity contribution in [2.24, 2.45) is 0 Å². The van der Waals surface area contributed by atoms with Gasteiger partial charge in [0.05, 0.1) is 0 Å². The van der Waals surface area contributed by atoms with E-state index in [0.717, 1.165) is 0 Å². The molecule has 0 aromatic carbocycles. The SMILES string of the molecule is [Ag].[Au].[Ti].[Ti]. The molecule has 4 heavy (non-hydrogen) atoms. The first-order valence-corrected chi connectivity index (χ1v) is 0. The first kappa shape index (κ1) is 28.5. The fourth-order valence-electron chi connectivity index (χ4n) is 0. The Kier molecular flexibility index (Phi) is 120. The third-order valence-corrected chi connectivity index (χ3v) is 0. The molecule has 4 heteroatoms. The molecule has 0 nitrogen and oxygen atoms in total. The van der Waals surface area contributed by atoms with Crippen molar-refractivity contribution in [3.05, 3.63) is 0 Å². The quantitative estimate of drug-likeness (QED) is 0.502. The Morgan fingerprint density at radius 2 is 0.750 bits per heavy atom. The summed E-state index contributed by atoms with van der Waals surface area (Å²) in [5.74, 6) is 0. The van der Waals surface area contributed by atoms with E-state index in [9.17, 15) is 0 Å². The van der Waals surface area contributed by atoms with Crippen LogP contribution >= 0.6 is 0 Å². The minimum Gasteiger partial charge on any atom is 0 e. The van der Waals surface area contributed by atoms with Crippen LogP contribution in [0.5, 0.6) is 0 Å². The van der Waals surface area contributed by atoms with Gasteiger partial charge in [0.25, 0.3) is 0 Å². The minimum absolute atomic E-state index is 0. The topological polar surface area (TPSA) is 0 Å². The molecule has 0 amide bonds. The largest absolute Gasteiger partial charge is 0 e. The molecule has 0 atom stereocenters. The van der Waals surface area contributed by atoms with Crippen molar-refractivity contribution in [1.29, 1.82) is 0 Å². The van der Waals surface area contributed by atoms with Gasteiger partial charge in [-0.3, -0.25) is 0 Å². The van der Waals surface area contributed by atoms with Gasteiger partial charge in [0.2, 0.25) is 0 Å². The minimum atomic E-state index is 0. The van der Waals surface area contributed by atoms with Crippen LogP contribution < -0.4 is 0 Å². The third kappa shape index (κ3) is 8.86. The molecule has 0 spiro atoms. The van der Waals surface area contributed by atoms with E-state index in [1.807, 2.05) is 0 Å². The van der Waals surface area contributed by atoms with Crippen molar-refractivity contribution in [3.8, 4) is 0 Å². The Morgan fingerprint density at radius 3 is 0.750 bits per heavy atom. The molecule has 0 saturated carbocycles. The maximum absolute atomic E-state index is 0. The van der Waals surface area contributed by atoms with Crippen molar-refractivity contribution in [2.75, 3.05) is 0 Å². The molecule has 0 aliphatic carbocycles. The average molecular weight is 401 g/mol. The van der Waals surface area contributed by atoms with E-state index in [4.69, 9.17) is 0 Å². The molecular formula is AgAuTi2. The van der Waals surface area contributed by atoms with Gasteiger partial charge in [-0.2, -0.15) is 0 Å². The zero-order chi connectivity index (χ0) is 0. The second-order valence-corrected chi connectivity index (χ2v) is 0. The van der Waals surface area contributed by atoms with Crippen molar-refractivity contribution >= 4 is 0 Å². The Labute approximate surface area is 86.6 Å². The zero-order valence-electron chi connectivity index (χ0n) is 1.60. The van der Waals surface area contributed by atoms with Crippen LogP contribution in [0.25, 0.3) is 0 Å². The van der Waals surface area contributed by atoms with Crippen LogP contribution in [0.3, 0.4) is 0 Å². The molecule has 30 valence electrons. The van der Waals surface area contributed by atoms with Gasteiger partial charge in [-0.05, 0) is 0 Å². The summed E-state index contributed by atoms with van der Waals surface area (Å²) in [5.41, 5.74) is 0. The van der Waals surface area contributed by atoms with E-state index in [1.54, 1.807) is 0 Å². The predicted molar refractivity (Wildman–Crippen MR) is 0 cm³/mol. The smallest absolute Gasteiger partial charge is 0 e. The molecule has 0 aromatic rings. The first-order chi connectivity index (χ1) is 0. The van der Waals surface area contributed by atoms with E-state index < -0.39 is 0 Å². The van der Waals surface area contributed by atoms with Crippen LogP contribution in [0.15, 0.2) is 0 Å². The van der Waals surface area contributed by atoms with Crippen LogP contribution in [0, 0.1) is 0 Å². The summed E-state index contributed by atoms with van der Waals surface area (Å²) in [6.45, 7) is 0. The Balaban J connectivity index is 0. The summed E-state index contributed by atoms with van der Waals surface area (Å²) in [6, 6.07) is 0. The predicted octanol–water partition coefficient (Wildman–Crippen LogP) is -0.0100. The molecule has 0 fully saturated rings. The van der Waals surface area contributed by atoms with Gasteiger partial charge < -0.3 is 0 Å². The molecule has 0 saturated heterocycles. The molecule has 0 unspecified atom stereocenters. The van der Waals surface area contributed by atoms with E-state index in [0.29, 0.717) is 0 Å². The maximum Gasteiger partial charge on any atom is 0 e. The second kappa shape index (κ2) is 16.8. The Hall–Kier alpha value is 2.91. The monoisotopic (exact) mass is 400 g/mol. The van der Waals surface area contributed by atoms with Gasteiger partial charge in [0.1, 0.15) is 0 Å². The summed E-state index contributed by atoms with van der Waals surface area (Å²) in [7, 11) is 0. The van der Waals surface area contributed by atoms with Gasteiger partial charge >= 0.3 is 0 Å². The normalized spacial score (nSPS) is 0. The van der Waals surface area contributed by atoms with Gasteiger partial charge in [-0.15, -0.1) is 0 Å². The van der Waals surface area contributed by atoms with Crippen LogP contribution in [-0.4, -0.2) is 0 Å². The molecule has 0 N–H and O–H groups in total. The number of hydrogen-bond acceptors (Lipinski definition) is 0. The molecule has 2 radical (unpaired) electrons. The van der Waals surface area contributed by atoms with Gasteiger partial charge in [-0.25, -0.2) is 0 Å². The van der Waals surface area contributed by atoms with Crippen LogP contribution in [-0.2, 0) is 88.2 Å². The zero-order valence-corrected chi connectivity index (χ0v) is 8.37. The summed E-state index contributed by atoms with van der Waals surface area (Å²) < 4.78 is 0. The fourth-order valence-corrected chi connectivity index (χ4v) is 0. The molecular weight excluding hydrogens is 401 g/mol. The van der Waals surface area contributed by atoms with Crippen molar-refractivity contribution in [1.82, 2.24) is 0 Å². The van der Waals surface area contributed by atoms with Crippen molar-refractivity contribution in [2.45, 2.75) is 0 Å². The molecule has 0 aliphatic rings. The summed E-state index contributed by atoms with van der Waals surface area (Å²) >= 11 is 0. The molecule has 0 aromatic heterocycles. The fraction of sp³-hybridized carbons (Fsp3) is 0. The van der Waals surface area contributed by atoms with Crippen LogP contribution in [0.1, 0.15) is 0 Å². The summed E-state index contributed by atoms with van der Waals surface area (Å²) in [5, 5.41) is 0. The van der Waals surface area contributed by atoms with Gasteiger partial charge in [0, 0.05) is 88.2 Å². The van der Waals surface area contributed by atoms with E-state index in [1.165, 1.54) is 0 Å². The van der Waals surface area contributed by atoms with Gasteiger partial charge in [-0.1, -0.05) is 0 Å². The Bertz CT molecular complexity index is 6.00. The van der Waals surface area contributed by atoms with Crippen LogP contribution in [0.2, 0.25) is 0 Å². The van der Waals surface area contributed by atoms with Gasteiger partial charge in [0.15, 0.2) is 0 Å². The standard InChI is InChI=1S/Ag.Au.2Ti. The molecule has 0 bridgehead atoms.